The van der Waals surface area contributed by atoms with Gasteiger partial charge in [0, 0.05) is 5.56 Å². The summed E-state index contributed by atoms with van der Waals surface area (Å²) < 4.78 is 1.56. The van der Waals surface area contributed by atoms with Gasteiger partial charge in [0.25, 0.3) is 0 Å². The highest BCUT2D eigenvalue weighted by Gasteiger charge is 2.36. The Morgan fingerprint density at radius 3 is 2.59 bits per heavy atom. The molecule has 0 bridgehead atoms. The van der Waals surface area contributed by atoms with E-state index in [1.165, 1.54) is 32.3 Å². The van der Waals surface area contributed by atoms with E-state index >= 15 is 0 Å². The highest BCUT2D eigenvalue weighted by Crippen LogP contribution is 2.35. The predicted molar refractivity (Wildman–Crippen MR) is 104 cm³/mol. The number of hydrogen-bond acceptors (Lipinski definition) is 5. The van der Waals surface area contributed by atoms with Gasteiger partial charge in [-0.2, -0.15) is 4.52 Å². The standard InChI is InChI=1S/C19H25N5O2S/c1-13-5-3-4-6-15(13)16(23-9-7-22(8-10-23)11-12-25)17-18(26)24-19(27-17)20-14(2)21-24/h3-6,16,25-26H,7-12H2,1-2H3/p+2/t16-/m0/s1. The number of nitrogens with zero attached hydrogens (tertiary/aromatic N) is 3. The fraction of sp³-hybridized carbons (Fsp3) is 0.474. The number of aryl methyl sites for hydroxylation is 2. The average molecular weight is 390 g/mol. The molecule has 4 N–H and O–H groups in total. The maximum Gasteiger partial charge on any atom is 0.235 e. The summed E-state index contributed by atoms with van der Waals surface area (Å²) >= 11 is 1.53. The summed E-state index contributed by atoms with van der Waals surface area (Å²) in [6.07, 6.45) is 0. The summed E-state index contributed by atoms with van der Waals surface area (Å²) in [6.45, 7) is 9.07. The zero-order valence-corrected chi connectivity index (χ0v) is 16.6. The molecule has 0 saturated carbocycles. The van der Waals surface area contributed by atoms with Crippen LogP contribution in [0.1, 0.15) is 27.9 Å². The molecule has 0 aliphatic carbocycles. The minimum atomic E-state index is 0.0654. The highest BCUT2D eigenvalue weighted by atomic mass is 32.1. The number of nitrogens with one attached hydrogen (secondary N) is 2. The van der Waals surface area contributed by atoms with Gasteiger partial charge in [-0.25, -0.2) is 4.98 Å². The third-order valence-electron chi connectivity index (χ3n) is 5.54. The summed E-state index contributed by atoms with van der Waals surface area (Å²) in [5.41, 5.74) is 2.48. The monoisotopic (exact) mass is 389 g/mol. The van der Waals surface area contributed by atoms with E-state index in [0.29, 0.717) is 5.82 Å². The van der Waals surface area contributed by atoms with Crippen LogP contribution in [0.4, 0.5) is 0 Å². The van der Waals surface area contributed by atoms with Crippen molar-refractivity contribution in [2.75, 3.05) is 39.3 Å². The molecule has 1 aliphatic heterocycles. The van der Waals surface area contributed by atoms with Gasteiger partial charge in [0.1, 0.15) is 43.4 Å². The lowest BCUT2D eigenvalue weighted by Crippen LogP contribution is -3.28. The number of aliphatic hydroxyl groups is 1. The van der Waals surface area contributed by atoms with Crippen LogP contribution in [-0.2, 0) is 0 Å². The number of fused-ring (bicyclic) bond motifs is 1. The van der Waals surface area contributed by atoms with Crippen molar-refractivity contribution in [3.8, 4) is 5.88 Å². The maximum atomic E-state index is 10.9. The van der Waals surface area contributed by atoms with Crippen LogP contribution in [0.3, 0.4) is 0 Å². The number of hydrogen-bond donors (Lipinski definition) is 4. The molecule has 8 heteroatoms. The molecule has 7 nitrogen and oxygen atoms in total. The van der Waals surface area contributed by atoms with Gasteiger partial charge in [0.15, 0.2) is 6.04 Å². The van der Waals surface area contributed by atoms with Crippen molar-refractivity contribution in [3.63, 3.8) is 0 Å². The number of quaternary nitrogens is 2. The molecule has 0 radical (unpaired) electrons. The van der Waals surface area contributed by atoms with Gasteiger partial charge in [-0.1, -0.05) is 35.6 Å². The molecule has 0 unspecified atom stereocenters. The SMILES string of the molecule is Cc1nc2sc([C@H](c3ccccc3C)[NH+]3CC[NH+](CCO)CC3)c(O)n2n1. The van der Waals surface area contributed by atoms with E-state index in [9.17, 15) is 10.2 Å². The van der Waals surface area contributed by atoms with Crippen molar-refractivity contribution < 1.29 is 20.0 Å². The molecule has 1 saturated heterocycles. The largest absolute Gasteiger partial charge is 0.492 e. The molecule has 1 aliphatic rings. The number of benzene rings is 1. The van der Waals surface area contributed by atoms with E-state index in [4.69, 9.17) is 0 Å². The minimum absolute atomic E-state index is 0.0654. The lowest BCUT2D eigenvalue weighted by atomic mass is 9.98. The molecular weight excluding hydrogens is 362 g/mol. The van der Waals surface area contributed by atoms with Crippen LogP contribution in [0, 0.1) is 13.8 Å². The van der Waals surface area contributed by atoms with Crippen LogP contribution < -0.4 is 9.80 Å². The van der Waals surface area contributed by atoms with E-state index in [0.717, 1.165) is 42.6 Å². The molecule has 0 amide bonds. The maximum absolute atomic E-state index is 10.9. The predicted octanol–water partition coefficient (Wildman–Crippen LogP) is -1.02. The van der Waals surface area contributed by atoms with Gasteiger partial charge in [-0.05, 0) is 19.4 Å². The molecule has 144 valence electrons. The van der Waals surface area contributed by atoms with E-state index in [1.54, 1.807) is 4.52 Å². The third kappa shape index (κ3) is 3.45. The Balaban J connectivity index is 1.73. The normalized spacial score (nSPS) is 21.6. The Morgan fingerprint density at radius 2 is 1.93 bits per heavy atom. The zero-order valence-electron chi connectivity index (χ0n) is 15.8. The Morgan fingerprint density at radius 1 is 1.19 bits per heavy atom. The van der Waals surface area contributed by atoms with E-state index < -0.39 is 0 Å². The van der Waals surface area contributed by atoms with Gasteiger partial charge in [-0.3, -0.25) is 0 Å². The lowest BCUT2D eigenvalue weighted by molar-refractivity contribution is -1.02. The second-order valence-electron chi connectivity index (χ2n) is 7.31. The zero-order chi connectivity index (χ0) is 19.0. The molecule has 2 aromatic heterocycles. The smallest absolute Gasteiger partial charge is 0.235 e. The summed E-state index contributed by atoms with van der Waals surface area (Å²) in [6, 6.07) is 8.49. The van der Waals surface area contributed by atoms with Crippen molar-refractivity contribution in [2.24, 2.45) is 0 Å². The Hall–Kier alpha value is -2.00. The van der Waals surface area contributed by atoms with E-state index in [2.05, 4.69) is 41.3 Å². The number of aliphatic hydroxyl groups excluding tert-OH is 1. The Labute approximate surface area is 162 Å². The van der Waals surface area contributed by atoms with Gasteiger partial charge >= 0.3 is 0 Å². The Kier molecular flexibility index (Phi) is 5.14. The molecule has 4 rings (SSSR count). The second kappa shape index (κ2) is 7.55. The molecule has 1 fully saturated rings. The number of aromatic hydroxyl groups is 1. The quantitative estimate of drug-likeness (QED) is 0.450. The fourth-order valence-corrected chi connectivity index (χ4v) is 5.29. The van der Waals surface area contributed by atoms with Crippen LogP contribution in [-0.4, -0.2) is 64.1 Å². The van der Waals surface area contributed by atoms with Crippen molar-refractivity contribution in [2.45, 2.75) is 19.9 Å². The first-order valence-corrected chi connectivity index (χ1v) is 10.3. The van der Waals surface area contributed by atoms with Crippen molar-refractivity contribution in [1.82, 2.24) is 14.6 Å². The number of aromatic nitrogens is 3. The molecule has 27 heavy (non-hydrogen) atoms. The first kappa shape index (κ1) is 18.4. The molecule has 3 heterocycles. The van der Waals surface area contributed by atoms with E-state index in [-0.39, 0.29) is 18.5 Å². The van der Waals surface area contributed by atoms with E-state index in [1.807, 2.05) is 6.92 Å². The average Bonchev–Trinajstić information content (AvgIpc) is 3.16. The van der Waals surface area contributed by atoms with Crippen molar-refractivity contribution in [3.05, 3.63) is 46.1 Å². The lowest BCUT2D eigenvalue weighted by Gasteiger charge is -2.34. The van der Waals surface area contributed by atoms with Crippen molar-refractivity contribution >= 4 is 16.3 Å². The first-order chi connectivity index (χ1) is 13.1. The minimum Gasteiger partial charge on any atom is -0.492 e. The highest BCUT2D eigenvalue weighted by molar-refractivity contribution is 7.17. The number of thiazole rings is 1. The molecule has 1 aromatic carbocycles. The van der Waals surface area contributed by atoms with Gasteiger partial charge in [-0.15, -0.1) is 5.10 Å². The molecule has 0 spiro atoms. The van der Waals surface area contributed by atoms with Crippen LogP contribution in [0.5, 0.6) is 5.88 Å². The number of rotatable bonds is 5. The number of piperazine rings is 1. The van der Waals surface area contributed by atoms with Gasteiger partial charge in [0.05, 0.1) is 6.61 Å². The fourth-order valence-electron chi connectivity index (χ4n) is 4.11. The summed E-state index contributed by atoms with van der Waals surface area (Å²) in [7, 11) is 0. The van der Waals surface area contributed by atoms with Crippen LogP contribution in [0.25, 0.3) is 4.96 Å². The second-order valence-corrected chi connectivity index (χ2v) is 8.32. The molecule has 3 aromatic rings. The van der Waals surface area contributed by atoms with Gasteiger partial charge < -0.3 is 20.0 Å². The summed E-state index contributed by atoms with van der Waals surface area (Å²) in [5, 5.41) is 24.5. The third-order valence-corrected chi connectivity index (χ3v) is 6.63. The topological polar surface area (TPSA) is 79.5 Å². The molecular formula is C19H27N5O2S+2. The van der Waals surface area contributed by atoms with Crippen LogP contribution >= 0.6 is 11.3 Å². The van der Waals surface area contributed by atoms with Crippen LogP contribution in [0.15, 0.2) is 24.3 Å². The van der Waals surface area contributed by atoms with Crippen molar-refractivity contribution in [1.29, 1.82) is 0 Å². The van der Waals surface area contributed by atoms with Crippen LogP contribution in [0.2, 0.25) is 0 Å². The van der Waals surface area contributed by atoms with Gasteiger partial charge in [0.2, 0.25) is 10.8 Å². The first-order valence-electron chi connectivity index (χ1n) is 9.48. The summed E-state index contributed by atoms with van der Waals surface area (Å²) in [5.74, 6) is 0.880. The summed E-state index contributed by atoms with van der Waals surface area (Å²) in [4.78, 5) is 9.01. The Bertz CT molecular complexity index is 929. The molecule has 1 atom stereocenters.